The molecule has 0 N–H and O–H groups in total. The van der Waals surface area contributed by atoms with Crippen LogP contribution in [0.1, 0.15) is 258 Å². The lowest BCUT2D eigenvalue weighted by Crippen LogP contribution is -2.30. The fourth-order valence-electron chi connectivity index (χ4n) is 7.57. The minimum Gasteiger partial charge on any atom is -0.462 e. The Hall–Kier alpha value is -3.67. The second-order valence-electron chi connectivity index (χ2n) is 18.5. The summed E-state index contributed by atoms with van der Waals surface area (Å²) < 4.78 is 16.7. The van der Waals surface area contributed by atoms with E-state index in [1.165, 1.54) is 122 Å². The van der Waals surface area contributed by atoms with Crippen LogP contribution < -0.4 is 0 Å². The zero-order chi connectivity index (χ0) is 49.3. The molecule has 0 aromatic carbocycles. The second-order valence-corrected chi connectivity index (χ2v) is 18.5. The minimum atomic E-state index is -0.821. The predicted octanol–water partition coefficient (Wildman–Crippen LogP) is 18.9. The van der Waals surface area contributed by atoms with Crippen LogP contribution in [0.5, 0.6) is 0 Å². The second kappa shape index (κ2) is 55.9. The van der Waals surface area contributed by atoms with Gasteiger partial charge in [-0.3, -0.25) is 14.4 Å². The van der Waals surface area contributed by atoms with E-state index in [1.807, 2.05) is 12.2 Å². The Labute approximate surface area is 419 Å². The number of allylic oxidation sites excluding steroid dienone is 16. The lowest BCUT2D eigenvalue weighted by Gasteiger charge is -2.18. The van der Waals surface area contributed by atoms with E-state index in [2.05, 4.69) is 106 Å². The van der Waals surface area contributed by atoms with Gasteiger partial charge in [-0.2, -0.15) is 0 Å². The molecule has 388 valence electrons. The first kappa shape index (κ1) is 64.3. The van der Waals surface area contributed by atoms with Crippen LogP contribution in [0.3, 0.4) is 0 Å². The Balaban J connectivity index is 4.33. The minimum absolute atomic E-state index is 0.111. The van der Waals surface area contributed by atoms with Gasteiger partial charge >= 0.3 is 17.9 Å². The van der Waals surface area contributed by atoms with Crippen molar-refractivity contribution in [2.24, 2.45) is 0 Å². The van der Waals surface area contributed by atoms with Gasteiger partial charge in [0, 0.05) is 19.3 Å². The van der Waals surface area contributed by atoms with E-state index in [0.29, 0.717) is 19.3 Å². The molecule has 0 spiro atoms. The zero-order valence-electron chi connectivity index (χ0n) is 44.3. The highest BCUT2D eigenvalue weighted by molar-refractivity contribution is 5.71. The van der Waals surface area contributed by atoms with Crippen molar-refractivity contribution >= 4 is 17.9 Å². The summed E-state index contributed by atoms with van der Waals surface area (Å²) in [7, 11) is 0. The molecule has 0 aliphatic rings. The van der Waals surface area contributed by atoms with Crippen LogP contribution in [0.15, 0.2) is 97.2 Å². The third kappa shape index (κ3) is 53.3. The molecular formula is C62H104O6. The first-order valence-electron chi connectivity index (χ1n) is 28.2. The maximum atomic E-state index is 12.8. The van der Waals surface area contributed by atoms with Crippen molar-refractivity contribution in [1.29, 1.82) is 0 Å². The topological polar surface area (TPSA) is 78.9 Å². The average molecular weight is 946 g/mol. The van der Waals surface area contributed by atoms with Gasteiger partial charge in [0.25, 0.3) is 0 Å². The maximum Gasteiger partial charge on any atom is 0.306 e. The van der Waals surface area contributed by atoms with Gasteiger partial charge in [-0.25, -0.2) is 0 Å². The van der Waals surface area contributed by atoms with E-state index in [4.69, 9.17) is 14.2 Å². The fraction of sp³-hybridized carbons (Fsp3) is 0.694. The quantitative estimate of drug-likeness (QED) is 0.0262. The Bertz CT molecular complexity index is 1360. The van der Waals surface area contributed by atoms with Crippen molar-refractivity contribution in [2.45, 2.75) is 264 Å². The summed E-state index contributed by atoms with van der Waals surface area (Å²) in [6.07, 6.45) is 74.2. The van der Waals surface area contributed by atoms with Gasteiger partial charge in [-0.1, -0.05) is 227 Å². The number of carbonyl (C=O) groups excluding carboxylic acids is 3. The largest absolute Gasteiger partial charge is 0.462 e. The molecule has 1 unspecified atom stereocenters. The molecule has 0 saturated heterocycles. The van der Waals surface area contributed by atoms with Gasteiger partial charge in [-0.15, -0.1) is 0 Å². The van der Waals surface area contributed by atoms with Crippen molar-refractivity contribution in [3.63, 3.8) is 0 Å². The molecule has 0 aliphatic carbocycles. The smallest absolute Gasteiger partial charge is 0.306 e. The molecule has 0 heterocycles. The van der Waals surface area contributed by atoms with Gasteiger partial charge in [0.15, 0.2) is 6.10 Å². The summed E-state index contributed by atoms with van der Waals surface area (Å²) in [5.41, 5.74) is 0. The molecule has 0 aliphatic heterocycles. The van der Waals surface area contributed by atoms with E-state index in [9.17, 15) is 14.4 Å². The van der Waals surface area contributed by atoms with E-state index < -0.39 is 12.1 Å². The summed E-state index contributed by atoms with van der Waals surface area (Å²) in [5.74, 6) is -1.01. The third-order valence-electron chi connectivity index (χ3n) is 11.8. The highest BCUT2D eigenvalue weighted by Gasteiger charge is 2.19. The number of carbonyl (C=O) groups is 3. The van der Waals surface area contributed by atoms with E-state index in [-0.39, 0.29) is 31.6 Å². The molecule has 0 aromatic rings. The maximum absolute atomic E-state index is 12.8. The van der Waals surface area contributed by atoms with E-state index >= 15 is 0 Å². The van der Waals surface area contributed by atoms with Gasteiger partial charge in [0.2, 0.25) is 0 Å². The van der Waals surface area contributed by atoms with Crippen molar-refractivity contribution in [3.8, 4) is 0 Å². The zero-order valence-corrected chi connectivity index (χ0v) is 44.3. The van der Waals surface area contributed by atoms with Crippen molar-refractivity contribution < 1.29 is 28.6 Å². The monoisotopic (exact) mass is 945 g/mol. The molecule has 0 amide bonds. The van der Waals surface area contributed by atoms with Crippen LogP contribution in [0, 0.1) is 0 Å². The van der Waals surface area contributed by atoms with Gasteiger partial charge in [0.1, 0.15) is 13.2 Å². The predicted molar refractivity (Wildman–Crippen MR) is 293 cm³/mol. The summed E-state index contributed by atoms with van der Waals surface area (Å²) in [6.45, 7) is 6.41. The Morgan fingerprint density at radius 1 is 0.309 bits per heavy atom. The molecule has 1 atom stereocenters. The Morgan fingerprint density at radius 3 is 1.00 bits per heavy atom. The molecule has 0 bridgehead atoms. The van der Waals surface area contributed by atoms with Crippen LogP contribution in [-0.2, 0) is 28.6 Å². The van der Waals surface area contributed by atoms with Crippen LogP contribution in [-0.4, -0.2) is 37.2 Å². The summed E-state index contributed by atoms with van der Waals surface area (Å²) in [4.78, 5) is 38.0. The molecule has 6 heteroatoms. The molecule has 0 fully saturated rings. The first-order valence-corrected chi connectivity index (χ1v) is 28.2. The number of unbranched alkanes of at least 4 members (excludes halogenated alkanes) is 23. The number of hydrogen-bond donors (Lipinski definition) is 0. The molecule has 0 aromatic heterocycles. The summed E-state index contributed by atoms with van der Waals surface area (Å²) in [6, 6.07) is 0. The third-order valence-corrected chi connectivity index (χ3v) is 11.8. The summed E-state index contributed by atoms with van der Waals surface area (Å²) >= 11 is 0. The highest BCUT2D eigenvalue weighted by Crippen LogP contribution is 2.14. The van der Waals surface area contributed by atoms with Crippen molar-refractivity contribution in [2.75, 3.05) is 13.2 Å². The van der Waals surface area contributed by atoms with Gasteiger partial charge in [0.05, 0.1) is 0 Å². The fourth-order valence-corrected chi connectivity index (χ4v) is 7.57. The SMILES string of the molecule is CC/C=C\C/C=C\C/C=C\C/C=C\CCC(=O)OC(COC(=O)CCCCCCC/C=C\CCCCC)COC(=O)CCCCCCCCCCCC/C=C\C/C=C\C/C=C\CCCCCCC. The Morgan fingerprint density at radius 2 is 0.603 bits per heavy atom. The number of esters is 3. The number of rotatable bonds is 50. The molecule has 0 radical (unpaired) electrons. The number of hydrogen-bond acceptors (Lipinski definition) is 6. The van der Waals surface area contributed by atoms with Gasteiger partial charge in [-0.05, 0) is 109 Å². The normalized spacial score (nSPS) is 12.8. The average Bonchev–Trinajstić information content (AvgIpc) is 3.34. The molecule has 0 rings (SSSR count). The molecular weight excluding hydrogens is 841 g/mol. The van der Waals surface area contributed by atoms with Gasteiger partial charge < -0.3 is 14.2 Å². The number of ether oxygens (including phenoxy) is 3. The Kier molecular flexibility index (Phi) is 52.9. The first-order chi connectivity index (χ1) is 33.5. The van der Waals surface area contributed by atoms with Crippen LogP contribution in [0.25, 0.3) is 0 Å². The lowest BCUT2D eigenvalue weighted by molar-refractivity contribution is -0.166. The standard InChI is InChI=1S/C62H104O6/c1-4-7-10-13-16-19-22-25-26-27-28-29-30-31-32-33-34-35-36-38-40-43-46-49-52-55-61(64)67-58-59(57-66-60(63)54-51-48-45-42-39-24-21-18-15-12-9-6-3)68-62(65)56-53-50-47-44-41-37-23-20-17-14-11-8-5-2/h8,11,17-18,20-22,25,27-28,30-31,37,41,47,50,59H,4-7,9-10,12-16,19,23-24,26,29,32-36,38-40,42-46,48-49,51-58H2,1-3H3/b11-8-,20-17-,21-18-,25-22-,28-27-,31-30-,41-37-,50-47-. The lowest BCUT2D eigenvalue weighted by atomic mass is 10.1. The van der Waals surface area contributed by atoms with Crippen molar-refractivity contribution in [3.05, 3.63) is 97.2 Å². The van der Waals surface area contributed by atoms with Crippen LogP contribution in [0.2, 0.25) is 0 Å². The highest BCUT2D eigenvalue weighted by atomic mass is 16.6. The molecule has 68 heavy (non-hydrogen) atoms. The van der Waals surface area contributed by atoms with Crippen molar-refractivity contribution in [1.82, 2.24) is 0 Å². The van der Waals surface area contributed by atoms with E-state index in [1.54, 1.807) is 0 Å². The molecule has 6 nitrogen and oxygen atoms in total. The van der Waals surface area contributed by atoms with Crippen LogP contribution >= 0.6 is 0 Å². The van der Waals surface area contributed by atoms with Crippen LogP contribution in [0.4, 0.5) is 0 Å². The summed E-state index contributed by atoms with van der Waals surface area (Å²) in [5, 5.41) is 0. The molecule has 0 saturated carbocycles. The van der Waals surface area contributed by atoms with E-state index in [0.717, 1.165) is 89.9 Å².